The Balaban J connectivity index is 0.00000264. The number of alkyl halides is 3. The highest BCUT2D eigenvalue weighted by Crippen LogP contribution is 2.38. The van der Waals surface area contributed by atoms with E-state index in [9.17, 15) is 13.2 Å². The van der Waals surface area contributed by atoms with E-state index >= 15 is 0 Å². The van der Waals surface area contributed by atoms with Crippen LogP contribution in [-0.4, -0.2) is 38.2 Å². The molecule has 0 radical (unpaired) electrons. The summed E-state index contributed by atoms with van der Waals surface area (Å²) in [6.45, 7) is 5.70. The van der Waals surface area contributed by atoms with Gasteiger partial charge < -0.3 is 10.1 Å². The molecule has 1 saturated heterocycles. The first-order valence-electron chi connectivity index (χ1n) is 7.67. The Morgan fingerprint density at radius 2 is 1.91 bits per heavy atom. The van der Waals surface area contributed by atoms with Crippen LogP contribution in [0.15, 0.2) is 18.2 Å². The molecule has 1 aromatic carbocycles. The number of benzene rings is 1. The average Bonchev–Trinajstić information content (AvgIpc) is 2.52. The minimum absolute atomic E-state index is 0. The van der Waals surface area contributed by atoms with Crippen LogP contribution in [0.4, 0.5) is 13.2 Å². The van der Waals surface area contributed by atoms with Crippen molar-refractivity contribution in [1.29, 1.82) is 0 Å². The van der Waals surface area contributed by atoms with E-state index in [1.165, 1.54) is 7.11 Å². The highest BCUT2D eigenvalue weighted by Gasteiger charge is 2.32. The summed E-state index contributed by atoms with van der Waals surface area (Å²) in [7, 11) is 1.43. The number of piperazine rings is 1. The minimum Gasteiger partial charge on any atom is -0.496 e. The second kappa shape index (κ2) is 8.76. The summed E-state index contributed by atoms with van der Waals surface area (Å²) in [4.78, 5) is 2.32. The van der Waals surface area contributed by atoms with Crippen molar-refractivity contribution in [3.05, 3.63) is 29.3 Å². The Labute approximate surface area is 141 Å². The van der Waals surface area contributed by atoms with Gasteiger partial charge in [-0.15, -0.1) is 12.4 Å². The van der Waals surface area contributed by atoms with Crippen LogP contribution in [0.2, 0.25) is 0 Å². The predicted octanol–water partition coefficient (Wildman–Crippen LogP) is 3.88. The van der Waals surface area contributed by atoms with Crippen LogP contribution in [0.5, 0.6) is 5.75 Å². The maximum Gasteiger partial charge on any atom is 0.416 e. The first kappa shape index (κ1) is 20.1. The maximum atomic E-state index is 12.9. The number of hydrogen-bond donors (Lipinski definition) is 1. The van der Waals surface area contributed by atoms with E-state index in [0.717, 1.165) is 56.7 Å². The molecule has 0 bridgehead atoms. The lowest BCUT2D eigenvalue weighted by Gasteiger charge is -2.36. The van der Waals surface area contributed by atoms with Crippen LogP contribution in [0.3, 0.4) is 0 Å². The molecule has 7 heteroatoms. The third-order valence-electron chi connectivity index (χ3n) is 4.07. The van der Waals surface area contributed by atoms with Crippen molar-refractivity contribution in [2.75, 3.05) is 33.3 Å². The molecule has 2 rings (SSSR count). The quantitative estimate of drug-likeness (QED) is 0.870. The SMILES string of the molecule is CCC[C@@H](c1ccc(C(F)(F)F)cc1OC)N1CCNCC1.Cl. The maximum absolute atomic E-state index is 12.9. The number of halogens is 4. The average molecular weight is 353 g/mol. The van der Waals surface area contributed by atoms with Crippen molar-refractivity contribution in [2.45, 2.75) is 32.0 Å². The molecule has 1 N–H and O–H groups in total. The van der Waals surface area contributed by atoms with Crippen molar-refractivity contribution in [3.63, 3.8) is 0 Å². The lowest BCUT2D eigenvalue weighted by molar-refractivity contribution is -0.137. The summed E-state index contributed by atoms with van der Waals surface area (Å²) in [6, 6.07) is 3.94. The number of ether oxygens (including phenoxy) is 1. The molecule has 1 atom stereocenters. The Kier molecular flexibility index (Phi) is 7.64. The van der Waals surface area contributed by atoms with Crippen LogP contribution in [0.25, 0.3) is 0 Å². The number of methoxy groups -OCH3 is 1. The van der Waals surface area contributed by atoms with E-state index < -0.39 is 11.7 Å². The van der Waals surface area contributed by atoms with Crippen LogP contribution in [0, 0.1) is 0 Å². The standard InChI is InChI=1S/C16H23F3N2O.ClH/c1-3-4-14(21-9-7-20-8-10-21)13-6-5-12(16(17,18)19)11-15(13)22-2;/h5-6,11,14,20H,3-4,7-10H2,1-2H3;1H/t14-;/m0./s1. The minimum atomic E-state index is -4.35. The highest BCUT2D eigenvalue weighted by atomic mass is 35.5. The third kappa shape index (κ3) is 4.99. The zero-order chi connectivity index (χ0) is 16.2. The molecular weight excluding hydrogens is 329 g/mol. The molecule has 132 valence electrons. The first-order valence-corrected chi connectivity index (χ1v) is 7.67. The van der Waals surface area contributed by atoms with Crippen molar-refractivity contribution >= 4 is 12.4 Å². The van der Waals surface area contributed by atoms with Crippen molar-refractivity contribution in [3.8, 4) is 5.75 Å². The molecule has 1 aliphatic rings. The number of rotatable bonds is 5. The molecule has 0 spiro atoms. The van der Waals surface area contributed by atoms with E-state index in [4.69, 9.17) is 4.74 Å². The fourth-order valence-corrected chi connectivity index (χ4v) is 2.96. The number of hydrogen-bond acceptors (Lipinski definition) is 3. The van der Waals surface area contributed by atoms with Crippen LogP contribution in [-0.2, 0) is 6.18 Å². The monoisotopic (exact) mass is 352 g/mol. The smallest absolute Gasteiger partial charge is 0.416 e. The van der Waals surface area contributed by atoms with Crippen LogP contribution < -0.4 is 10.1 Å². The fourth-order valence-electron chi connectivity index (χ4n) is 2.96. The zero-order valence-corrected chi connectivity index (χ0v) is 14.3. The molecule has 3 nitrogen and oxygen atoms in total. The molecule has 0 aromatic heterocycles. The van der Waals surface area contributed by atoms with Crippen molar-refractivity contribution < 1.29 is 17.9 Å². The third-order valence-corrected chi connectivity index (χ3v) is 4.07. The summed E-state index contributed by atoms with van der Waals surface area (Å²) in [5.74, 6) is 0.326. The Hall–Kier alpha value is -0.980. The molecule has 1 aliphatic heterocycles. The van der Waals surface area contributed by atoms with E-state index in [0.29, 0.717) is 5.75 Å². The molecule has 0 aliphatic carbocycles. The van der Waals surface area contributed by atoms with Gasteiger partial charge >= 0.3 is 6.18 Å². The Bertz CT molecular complexity index is 491. The first-order chi connectivity index (χ1) is 10.5. The molecule has 23 heavy (non-hydrogen) atoms. The van der Waals surface area contributed by atoms with Gasteiger partial charge in [0.15, 0.2) is 0 Å². The second-order valence-corrected chi connectivity index (χ2v) is 5.54. The number of nitrogens with one attached hydrogen (secondary N) is 1. The van der Waals surface area contributed by atoms with Gasteiger partial charge in [0, 0.05) is 37.8 Å². The van der Waals surface area contributed by atoms with Gasteiger partial charge in [0.05, 0.1) is 12.7 Å². The molecule has 0 unspecified atom stereocenters. The van der Waals surface area contributed by atoms with Gasteiger partial charge in [-0.25, -0.2) is 0 Å². The summed E-state index contributed by atoms with van der Waals surface area (Å²) in [5.41, 5.74) is 0.183. The van der Waals surface area contributed by atoms with Gasteiger partial charge in [0.2, 0.25) is 0 Å². The van der Waals surface area contributed by atoms with Crippen LogP contribution in [0.1, 0.15) is 36.9 Å². The predicted molar refractivity (Wildman–Crippen MR) is 87.3 cm³/mol. The highest BCUT2D eigenvalue weighted by molar-refractivity contribution is 5.85. The molecule has 1 aromatic rings. The van der Waals surface area contributed by atoms with E-state index in [1.807, 2.05) is 0 Å². The largest absolute Gasteiger partial charge is 0.496 e. The molecule has 1 fully saturated rings. The van der Waals surface area contributed by atoms with Crippen molar-refractivity contribution in [1.82, 2.24) is 10.2 Å². The van der Waals surface area contributed by atoms with Gasteiger partial charge in [-0.05, 0) is 18.6 Å². The molecule has 0 saturated carbocycles. The van der Waals surface area contributed by atoms with Gasteiger partial charge in [-0.2, -0.15) is 13.2 Å². The van der Waals surface area contributed by atoms with Gasteiger partial charge in [-0.3, -0.25) is 4.90 Å². The van der Waals surface area contributed by atoms with Gasteiger partial charge in [-0.1, -0.05) is 19.4 Å². The Morgan fingerprint density at radius 1 is 1.26 bits per heavy atom. The zero-order valence-electron chi connectivity index (χ0n) is 13.4. The van der Waals surface area contributed by atoms with Gasteiger partial charge in [0.1, 0.15) is 5.75 Å². The summed E-state index contributed by atoms with van der Waals surface area (Å²) >= 11 is 0. The Morgan fingerprint density at radius 3 is 2.43 bits per heavy atom. The fraction of sp³-hybridized carbons (Fsp3) is 0.625. The topological polar surface area (TPSA) is 24.5 Å². The summed E-state index contributed by atoms with van der Waals surface area (Å²) in [5, 5.41) is 3.30. The molecule has 1 heterocycles. The van der Waals surface area contributed by atoms with E-state index in [2.05, 4.69) is 17.1 Å². The normalized spacial score (nSPS) is 17.4. The van der Waals surface area contributed by atoms with Crippen LogP contribution >= 0.6 is 12.4 Å². The van der Waals surface area contributed by atoms with E-state index in [-0.39, 0.29) is 18.4 Å². The molecule has 0 amide bonds. The lowest BCUT2D eigenvalue weighted by Crippen LogP contribution is -2.45. The summed E-state index contributed by atoms with van der Waals surface area (Å²) < 4.78 is 43.9. The van der Waals surface area contributed by atoms with E-state index in [1.54, 1.807) is 6.07 Å². The van der Waals surface area contributed by atoms with Gasteiger partial charge in [0.25, 0.3) is 0 Å². The molecular formula is C16H24ClF3N2O. The number of nitrogens with zero attached hydrogens (tertiary/aromatic N) is 1. The summed E-state index contributed by atoms with van der Waals surface area (Å²) in [6.07, 6.45) is -2.47. The lowest BCUT2D eigenvalue weighted by atomic mass is 9.97. The van der Waals surface area contributed by atoms with Crippen molar-refractivity contribution in [2.24, 2.45) is 0 Å². The second-order valence-electron chi connectivity index (χ2n) is 5.54.